The van der Waals surface area contributed by atoms with E-state index in [1.807, 2.05) is 0 Å². The fraction of sp³-hybridized carbons (Fsp3) is 0.444. The van der Waals surface area contributed by atoms with Crippen molar-refractivity contribution in [2.24, 2.45) is 0 Å². The van der Waals surface area contributed by atoms with Crippen LogP contribution < -0.4 is 5.32 Å². The summed E-state index contributed by atoms with van der Waals surface area (Å²) >= 11 is 5.61. The largest absolute Gasteiger partial charge is 0.476 e. The molecule has 0 saturated heterocycles. The molecule has 0 radical (unpaired) electrons. The smallest absolute Gasteiger partial charge is 0.356 e. The molecule has 0 spiro atoms. The molecule has 1 saturated carbocycles. The number of aromatic carboxylic acids is 1. The highest BCUT2D eigenvalue weighted by molar-refractivity contribution is 6.27. The molecule has 1 aromatic heterocycles. The molecule has 0 bridgehead atoms. The van der Waals surface area contributed by atoms with Crippen molar-refractivity contribution in [1.29, 1.82) is 0 Å². The van der Waals surface area contributed by atoms with Crippen LogP contribution in [0.3, 0.4) is 0 Å². The zero-order chi connectivity index (χ0) is 12.7. The molecule has 1 fully saturated rings. The molecule has 2 rings (SSSR count). The van der Waals surface area contributed by atoms with Crippen LogP contribution in [0.5, 0.6) is 0 Å². The minimum absolute atomic E-state index is 0.150. The topological polar surface area (TPSA) is 75.1 Å². The van der Waals surface area contributed by atoms with Gasteiger partial charge in [-0.15, -0.1) is 11.6 Å². The Balaban J connectivity index is 1.94. The van der Waals surface area contributed by atoms with Crippen molar-refractivity contribution in [2.75, 3.05) is 11.9 Å². The van der Waals surface area contributed by atoms with Crippen LogP contribution in [0.1, 0.15) is 16.9 Å². The fourth-order valence-electron chi connectivity index (χ4n) is 1.26. The van der Waals surface area contributed by atoms with Gasteiger partial charge >= 0.3 is 5.97 Å². The van der Waals surface area contributed by atoms with Gasteiger partial charge in [0.1, 0.15) is 10.7 Å². The Morgan fingerprint density at radius 1 is 1.53 bits per heavy atom. The number of alkyl halides is 3. The Kier molecular flexibility index (Phi) is 2.65. The molecule has 0 amide bonds. The number of hydrogen-bond donors (Lipinski definition) is 2. The quantitative estimate of drug-likeness (QED) is 0.807. The lowest BCUT2D eigenvalue weighted by Crippen LogP contribution is -2.22. The second-order valence-corrected chi connectivity index (χ2v) is 4.52. The first-order valence-electron chi connectivity index (χ1n) is 4.70. The van der Waals surface area contributed by atoms with Crippen molar-refractivity contribution in [3.63, 3.8) is 0 Å². The Hall–Kier alpha value is -1.50. The lowest BCUT2D eigenvalue weighted by atomic mass is 10.4. The Labute approximate surface area is 99.8 Å². The molecule has 17 heavy (non-hydrogen) atoms. The van der Waals surface area contributed by atoms with Crippen LogP contribution in [0.25, 0.3) is 0 Å². The number of carboxylic acids is 1. The van der Waals surface area contributed by atoms with E-state index in [0.29, 0.717) is 0 Å². The average molecular weight is 264 g/mol. The highest BCUT2D eigenvalue weighted by atomic mass is 35.5. The minimum Gasteiger partial charge on any atom is -0.476 e. The van der Waals surface area contributed by atoms with E-state index in [1.165, 1.54) is 0 Å². The third-order valence-corrected chi connectivity index (χ3v) is 3.00. The summed E-state index contributed by atoms with van der Waals surface area (Å²) in [6, 6.07) is 0. The number of nitrogens with one attached hydrogen (secondary N) is 1. The van der Waals surface area contributed by atoms with Gasteiger partial charge in [0.2, 0.25) is 0 Å². The summed E-state index contributed by atoms with van der Waals surface area (Å²) < 4.78 is 25.5. The summed E-state index contributed by atoms with van der Waals surface area (Å²) in [5.74, 6) is -3.86. The number of carbonyl (C=O) groups is 1. The molecule has 5 nitrogen and oxygen atoms in total. The van der Waals surface area contributed by atoms with Gasteiger partial charge in [-0.3, -0.25) is 0 Å². The van der Waals surface area contributed by atoms with E-state index >= 15 is 0 Å². The van der Waals surface area contributed by atoms with Crippen molar-refractivity contribution >= 4 is 23.4 Å². The molecular formula is C9H8ClF2N3O2. The maximum atomic E-state index is 12.8. The monoisotopic (exact) mass is 263 g/mol. The van der Waals surface area contributed by atoms with Gasteiger partial charge in [0, 0.05) is 13.0 Å². The van der Waals surface area contributed by atoms with Gasteiger partial charge in [0.25, 0.3) is 5.92 Å². The van der Waals surface area contributed by atoms with Gasteiger partial charge in [0.15, 0.2) is 5.69 Å². The molecule has 0 aliphatic heterocycles. The lowest BCUT2D eigenvalue weighted by Gasteiger charge is -2.09. The second kappa shape index (κ2) is 3.76. The maximum Gasteiger partial charge on any atom is 0.356 e. The third-order valence-electron chi connectivity index (χ3n) is 2.45. The van der Waals surface area contributed by atoms with Crippen molar-refractivity contribution in [3.8, 4) is 0 Å². The highest BCUT2D eigenvalue weighted by Crippen LogP contribution is 2.57. The van der Waals surface area contributed by atoms with Crippen LogP contribution in [-0.2, 0) is 0 Å². The van der Waals surface area contributed by atoms with Gasteiger partial charge in [-0.1, -0.05) is 0 Å². The van der Waals surface area contributed by atoms with E-state index in [4.69, 9.17) is 16.7 Å². The van der Waals surface area contributed by atoms with E-state index in [2.05, 4.69) is 15.3 Å². The van der Waals surface area contributed by atoms with Gasteiger partial charge < -0.3 is 10.4 Å². The first-order valence-corrected chi connectivity index (χ1v) is 5.08. The summed E-state index contributed by atoms with van der Waals surface area (Å²) in [7, 11) is 0. The summed E-state index contributed by atoms with van der Waals surface area (Å²) in [5, 5.41) is 11.2. The summed E-state index contributed by atoms with van der Waals surface area (Å²) in [6.45, 7) is -0.150. The predicted octanol–water partition coefficient (Wildman–Crippen LogP) is 1.60. The third kappa shape index (κ3) is 2.28. The van der Waals surface area contributed by atoms with E-state index < -0.39 is 16.8 Å². The van der Waals surface area contributed by atoms with Crippen LogP contribution >= 0.6 is 11.6 Å². The van der Waals surface area contributed by atoms with Crippen molar-refractivity contribution in [2.45, 2.75) is 17.2 Å². The molecule has 1 heterocycles. The number of aromatic nitrogens is 2. The van der Waals surface area contributed by atoms with Crippen LogP contribution in [0.4, 0.5) is 14.6 Å². The Morgan fingerprint density at radius 2 is 2.18 bits per heavy atom. The first-order chi connectivity index (χ1) is 7.84. The van der Waals surface area contributed by atoms with Crippen LogP contribution in [0.2, 0.25) is 0 Å². The minimum atomic E-state index is -2.87. The standard InChI is InChI=1S/C9H8ClF2N3O2/c10-8(3-9(8,11)12)4-15-6-2-13-5(1-14-6)7(16)17/h1-2H,3-4H2,(H,14,15)(H,16,17). The van der Waals surface area contributed by atoms with Crippen molar-refractivity contribution in [3.05, 3.63) is 18.1 Å². The number of hydrogen-bond acceptors (Lipinski definition) is 4. The van der Waals surface area contributed by atoms with Gasteiger partial charge in [-0.25, -0.2) is 23.5 Å². The molecule has 1 aliphatic carbocycles. The summed E-state index contributed by atoms with van der Waals surface area (Å²) in [6.07, 6.45) is 1.82. The van der Waals surface area contributed by atoms with Gasteiger partial charge in [-0.05, 0) is 0 Å². The van der Waals surface area contributed by atoms with E-state index in [1.54, 1.807) is 0 Å². The number of halogens is 3. The van der Waals surface area contributed by atoms with Crippen LogP contribution in [-0.4, -0.2) is 38.4 Å². The van der Waals surface area contributed by atoms with Gasteiger partial charge in [0.05, 0.1) is 12.4 Å². The first kappa shape index (κ1) is 12.0. The van der Waals surface area contributed by atoms with Crippen LogP contribution in [0.15, 0.2) is 12.4 Å². The van der Waals surface area contributed by atoms with Crippen LogP contribution in [0, 0.1) is 0 Å². The molecule has 1 atom stereocenters. The molecule has 1 unspecified atom stereocenters. The zero-order valence-electron chi connectivity index (χ0n) is 8.45. The Bertz CT molecular complexity index is 454. The molecule has 92 valence electrons. The number of nitrogens with zero attached hydrogens (tertiary/aromatic N) is 2. The van der Waals surface area contributed by atoms with Crippen molar-refractivity contribution in [1.82, 2.24) is 9.97 Å². The molecule has 0 aromatic carbocycles. The highest BCUT2D eigenvalue weighted by Gasteiger charge is 2.70. The normalized spacial score (nSPS) is 25.4. The van der Waals surface area contributed by atoms with E-state index in [0.717, 1.165) is 12.4 Å². The number of carboxylic acid groups (broad SMARTS) is 1. The number of rotatable bonds is 4. The SMILES string of the molecule is O=C(O)c1cnc(NCC2(Cl)CC2(F)F)cn1. The predicted molar refractivity (Wildman–Crippen MR) is 55.6 cm³/mol. The molecular weight excluding hydrogens is 256 g/mol. The lowest BCUT2D eigenvalue weighted by molar-refractivity contribution is 0.0690. The summed E-state index contributed by atoms with van der Waals surface area (Å²) in [4.78, 5) is 16.2. The van der Waals surface area contributed by atoms with Crippen molar-refractivity contribution < 1.29 is 18.7 Å². The van der Waals surface area contributed by atoms with Gasteiger partial charge in [-0.2, -0.15) is 0 Å². The molecule has 2 N–H and O–H groups in total. The molecule has 1 aliphatic rings. The molecule has 8 heteroatoms. The Morgan fingerprint density at radius 3 is 2.59 bits per heavy atom. The molecule has 1 aromatic rings. The maximum absolute atomic E-state index is 12.8. The number of anilines is 1. The van der Waals surface area contributed by atoms with E-state index in [-0.39, 0.29) is 24.5 Å². The average Bonchev–Trinajstić information content (AvgIpc) is 2.76. The van der Waals surface area contributed by atoms with E-state index in [9.17, 15) is 13.6 Å². The zero-order valence-corrected chi connectivity index (χ0v) is 9.21. The fourth-order valence-corrected chi connectivity index (χ4v) is 1.49. The second-order valence-electron chi connectivity index (χ2n) is 3.79. The summed E-state index contributed by atoms with van der Waals surface area (Å²) in [5.41, 5.74) is -0.215.